The van der Waals surface area contributed by atoms with Crippen LogP contribution in [0, 0.1) is 6.92 Å². The van der Waals surface area contributed by atoms with Gasteiger partial charge in [-0.2, -0.15) is 4.98 Å². The number of amides is 1. The Morgan fingerprint density at radius 1 is 1.22 bits per heavy atom. The van der Waals surface area contributed by atoms with E-state index < -0.39 is 0 Å². The molecule has 1 atom stereocenters. The second kappa shape index (κ2) is 7.23. The summed E-state index contributed by atoms with van der Waals surface area (Å²) in [6.07, 6.45) is 1.72. The topological polar surface area (TPSA) is 68.5 Å². The van der Waals surface area contributed by atoms with E-state index in [1.807, 2.05) is 43.3 Å². The SMILES string of the molecule is COc1cccc(C(=O)N2CCC[C@H]2c2nc(-c3ccc(C)cc3)no2)c1. The Balaban J connectivity index is 1.58. The molecule has 1 aliphatic rings. The van der Waals surface area contributed by atoms with Crippen molar-refractivity contribution in [3.8, 4) is 17.1 Å². The molecule has 1 fully saturated rings. The smallest absolute Gasteiger partial charge is 0.254 e. The highest BCUT2D eigenvalue weighted by atomic mass is 16.5. The van der Waals surface area contributed by atoms with Crippen LogP contribution in [-0.4, -0.2) is 34.6 Å². The number of nitrogens with zero attached hydrogens (tertiary/aromatic N) is 3. The molecular formula is C21H21N3O3. The van der Waals surface area contributed by atoms with Crippen LogP contribution in [0.2, 0.25) is 0 Å². The predicted molar refractivity (Wildman–Crippen MR) is 100 cm³/mol. The van der Waals surface area contributed by atoms with E-state index >= 15 is 0 Å². The number of carbonyl (C=O) groups excluding carboxylic acids is 1. The van der Waals surface area contributed by atoms with Gasteiger partial charge in [0.2, 0.25) is 11.7 Å². The molecule has 1 saturated heterocycles. The molecule has 27 heavy (non-hydrogen) atoms. The number of likely N-dealkylation sites (tertiary alicyclic amines) is 1. The van der Waals surface area contributed by atoms with Crippen molar-refractivity contribution >= 4 is 5.91 Å². The van der Waals surface area contributed by atoms with E-state index in [9.17, 15) is 4.79 Å². The van der Waals surface area contributed by atoms with Gasteiger partial charge in [-0.05, 0) is 38.0 Å². The zero-order valence-corrected chi connectivity index (χ0v) is 15.4. The average Bonchev–Trinajstić information content (AvgIpc) is 3.37. The highest BCUT2D eigenvalue weighted by Crippen LogP contribution is 2.33. The van der Waals surface area contributed by atoms with Crippen molar-refractivity contribution in [2.24, 2.45) is 0 Å². The van der Waals surface area contributed by atoms with Crippen molar-refractivity contribution in [1.29, 1.82) is 0 Å². The first-order valence-electron chi connectivity index (χ1n) is 9.01. The normalized spacial score (nSPS) is 16.5. The zero-order chi connectivity index (χ0) is 18.8. The second-order valence-corrected chi connectivity index (χ2v) is 6.71. The first-order chi connectivity index (χ1) is 13.2. The first kappa shape index (κ1) is 17.3. The molecule has 1 aliphatic heterocycles. The molecule has 0 radical (unpaired) electrons. The second-order valence-electron chi connectivity index (χ2n) is 6.71. The Hall–Kier alpha value is -3.15. The number of hydrogen-bond donors (Lipinski definition) is 0. The van der Waals surface area contributed by atoms with Gasteiger partial charge >= 0.3 is 0 Å². The van der Waals surface area contributed by atoms with Crippen molar-refractivity contribution in [2.75, 3.05) is 13.7 Å². The summed E-state index contributed by atoms with van der Waals surface area (Å²) in [5.41, 5.74) is 2.67. The van der Waals surface area contributed by atoms with Crippen LogP contribution in [0.4, 0.5) is 0 Å². The van der Waals surface area contributed by atoms with Crippen LogP contribution in [0.15, 0.2) is 53.1 Å². The summed E-state index contributed by atoms with van der Waals surface area (Å²) in [5, 5.41) is 4.11. The Bertz CT molecular complexity index is 949. The van der Waals surface area contributed by atoms with Crippen molar-refractivity contribution in [1.82, 2.24) is 15.0 Å². The molecular weight excluding hydrogens is 342 g/mol. The van der Waals surface area contributed by atoms with Crippen LogP contribution in [0.25, 0.3) is 11.4 Å². The summed E-state index contributed by atoms with van der Waals surface area (Å²) >= 11 is 0. The fourth-order valence-electron chi connectivity index (χ4n) is 3.38. The van der Waals surface area contributed by atoms with E-state index in [0.717, 1.165) is 18.4 Å². The summed E-state index contributed by atoms with van der Waals surface area (Å²) in [6.45, 7) is 2.70. The largest absolute Gasteiger partial charge is 0.497 e. The molecule has 0 N–H and O–H groups in total. The van der Waals surface area contributed by atoms with Crippen LogP contribution in [0.1, 0.15) is 40.7 Å². The Morgan fingerprint density at radius 3 is 2.81 bits per heavy atom. The quantitative estimate of drug-likeness (QED) is 0.700. The number of methoxy groups -OCH3 is 1. The van der Waals surface area contributed by atoms with Crippen molar-refractivity contribution in [3.63, 3.8) is 0 Å². The first-order valence-corrected chi connectivity index (χ1v) is 9.01. The van der Waals surface area contributed by atoms with E-state index in [4.69, 9.17) is 9.26 Å². The van der Waals surface area contributed by atoms with E-state index in [1.165, 1.54) is 5.56 Å². The number of aryl methyl sites for hydroxylation is 1. The summed E-state index contributed by atoms with van der Waals surface area (Å²) in [5.74, 6) is 1.65. The Labute approximate surface area is 157 Å². The van der Waals surface area contributed by atoms with Gasteiger partial charge in [0.15, 0.2) is 0 Å². The van der Waals surface area contributed by atoms with Gasteiger partial charge in [-0.1, -0.05) is 41.1 Å². The fraction of sp³-hybridized carbons (Fsp3) is 0.286. The van der Waals surface area contributed by atoms with Gasteiger partial charge in [0.25, 0.3) is 5.91 Å². The highest BCUT2D eigenvalue weighted by Gasteiger charge is 2.34. The zero-order valence-electron chi connectivity index (χ0n) is 15.4. The molecule has 0 saturated carbocycles. The molecule has 6 nitrogen and oxygen atoms in total. The molecule has 4 rings (SSSR count). The van der Waals surface area contributed by atoms with Gasteiger partial charge in [-0.15, -0.1) is 0 Å². The van der Waals surface area contributed by atoms with E-state index in [-0.39, 0.29) is 11.9 Å². The Morgan fingerprint density at radius 2 is 2.04 bits per heavy atom. The van der Waals surface area contributed by atoms with Crippen molar-refractivity contribution in [3.05, 3.63) is 65.5 Å². The number of carbonyl (C=O) groups is 1. The van der Waals surface area contributed by atoms with Crippen LogP contribution in [-0.2, 0) is 0 Å². The summed E-state index contributed by atoms with van der Waals surface area (Å²) in [6, 6.07) is 15.0. The van der Waals surface area contributed by atoms with Crippen molar-refractivity contribution < 1.29 is 14.1 Å². The maximum absolute atomic E-state index is 13.0. The van der Waals surface area contributed by atoms with Gasteiger partial charge in [-0.3, -0.25) is 4.79 Å². The number of benzene rings is 2. The monoisotopic (exact) mass is 363 g/mol. The minimum atomic E-state index is -0.199. The van der Waals surface area contributed by atoms with Crippen molar-refractivity contribution in [2.45, 2.75) is 25.8 Å². The molecule has 2 heterocycles. The third-order valence-electron chi connectivity index (χ3n) is 4.87. The fourth-order valence-corrected chi connectivity index (χ4v) is 3.38. The molecule has 6 heteroatoms. The summed E-state index contributed by atoms with van der Waals surface area (Å²) < 4.78 is 10.7. The number of aromatic nitrogens is 2. The standard InChI is InChI=1S/C21H21N3O3/c1-14-8-10-15(11-9-14)19-22-20(27-23-19)18-7-4-12-24(18)21(25)16-5-3-6-17(13-16)26-2/h3,5-6,8-11,13,18H,4,7,12H2,1-2H3/t18-/m0/s1. The molecule has 2 aromatic carbocycles. The minimum absolute atomic E-state index is 0.0496. The number of hydrogen-bond acceptors (Lipinski definition) is 5. The number of ether oxygens (including phenoxy) is 1. The van der Waals surface area contributed by atoms with Gasteiger partial charge in [0.05, 0.1) is 7.11 Å². The molecule has 138 valence electrons. The van der Waals surface area contributed by atoms with Gasteiger partial charge < -0.3 is 14.2 Å². The maximum Gasteiger partial charge on any atom is 0.254 e. The molecule has 0 spiro atoms. The van der Waals surface area contributed by atoms with E-state index in [0.29, 0.717) is 29.6 Å². The predicted octanol–water partition coefficient (Wildman–Crippen LogP) is 4.03. The van der Waals surface area contributed by atoms with Gasteiger partial charge in [0, 0.05) is 17.7 Å². The third kappa shape index (κ3) is 3.43. The molecule has 1 aromatic heterocycles. The molecule has 0 bridgehead atoms. The van der Waals surface area contributed by atoms with E-state index in [2.05, 4.69) is 10.1 Å². The van der Waals surface area contributed by atoms with Crippen LogP contribution in [0.5, 0.6) is 5.75 Å². The molecule has 0 aliphatic carbocycles. The Kier molecular flexibility index (Phi) is 4.62. The molecule has 3 aromatic rings. The summed E-state index contributed by atoms with van der Waals surface area (Å²) in [4.78, 5) is 19.4. The van der Waals surface area contributed by atoms with Gasteiger partial charge in [-0.25, -0.2) is 0 Å². The minimum Gasteiger partial charge on any atom is -0.497 e. The van der Waals surface area contributed by atoms with Gasteiger partial charge in [0.1, 0.15) is 11.8 Å². The number of rotatable bonds is 4. The van der Waals surface area contributed by atoms with Crippen LogP contribution in [0.3, 0.4) is 0 Å². The lowest BCUT2D eigenvalue weighted by Crippen LogP contribution is -2.30. The highest BCUT2D eigenvalue weighted by molar-refractivity contribution is 5.95. The summed E-state index contributed by atoms with van der Waals surface area (Å²) in [7, 11) is 1.59. The van der Waals surface area contributed by atoms with Crippen LogP contribution >= 0.6 is 0 Å². The lowest BCUT2D eigenvalue weighted by molar-refractivity contribution is 0.0709. The lowest BCUT2D eigenvalue weighted by atomic mass is 10.1. The molecule has 0 unspecified atom stereocenters. The lowest BCUT2D eigenvalue weighted by Gasteiger charge is -2.22. The van der Waals surface area contributed by atoms with E-state index in [1.54, 1.807) is 24.1 Å². The molecule has 1 amide bonds. The average molecular weight is 363 g/mol. The third-order valence-corrected chi connectivity index (χ3v) is 4.87. The maximum atomic E-state index is 13.0. The van der Waals surface area contributed by atoms with Crippen LogP contribution < -0.4 is 4.74 Å².